The SMILES string of the molecule is Cc1ccc(-c2cc(C)n(C(C)(C)C)c2C=NC(C)(C)C)cc1. The van der Waals surface area contributed by atoms with Crippen LogP contribution in [0.3, 0.4) is 0 Å². The van der Waals surface area contributed by atoms with E-state index in [2.05, 4.69) is 90.3 Å². The van der Waals surface area contributed by atoms with Gasteiger partial charge in [0.1, 0.15) is 0 Å². The van der Waals surface area contributed by atoms with E-state index in [0.29, 0.717) is 0 Å². The molecule has 0 unspecified atom stereocenters. The van der Waals surface area contributed by atoms with Crippen LogP contribution in [0.2, 0.25) is 0 Å². The quantitative estimate of drug-likeness (QED) is 0.629. The van der Waals surface area contributed by atoms with Gasteiger partial charge in [-0.3, -0.25) is 4.99 Å². The summed E-state index contributed by atoms with van der Waals surface area (Å²) in [6.45, 7) is 17.4. The van der Waals surface area contributed by atoms with Gasteiger partial charge in [0.25, 0.3) is 0 Å². The smallest absolute Gasteiger partial charge is 0.0675 e. The molecule has 2 rings (SSSR count). The van der Waals surface area contributed by atoms with Gasteiger partial charge in [-0.05, 0) is 67.0 Å². The molecule has 0 aliphatic rings. The fraction of sp³-hybridized carbons (Fsp3) is 0.476. The van der Waals surface area contributed by atoms with Crippen molar-refractivity contribution in [1.82, 2.24) is 4.57 Å². The Kier molecular flexibility index (Phi) is 4.57. The molecule has 2 heteroatoms. The normalized spacial score (nSPS) is 13.0. The maximum Gasteiger partial charge on any atom is 0.0675 e. The summed E-state index contributed by atoms with van der Waals surface area (Å²) in [6.07, 6.45) is 2.05. The standard InChI is InChI=1S/C21H30N2/c1-15-9-11-17(12-10-15)18-13-16(2)23(21(6,7)8)19(18)14-22-20(3,4)5/h9-14H,1-8H3. The number of aromatic nitrogens is 1. The van der Waals surface area contributed by atoms with Crippen molar-refractivity contribution < 1.29 is 0 Å². The Bertz CT molecular complexity index is 702. The highest BCUT2D eigenvalue weighted by Gasteiger charge is 2.22. The van der Waals surface area contributed by atoms with Crippen molar-refractivity contribution >= 4 is 6.21 Å². The van der Waals surface area contributed by atoms with Gasteiger partial charge in [-0.25, -0.2) is 0 Å². The fourth-order valence-electron chi connectivity index (χ4n) is 2.89. The number of nitrogens with zero attached hydrogens (tertiary/aromatic N) is 2. The minimum Gasteiger partial charge on any atom is -0.338 e. The van der Waals surface area contributed by atoms with Crippen molar-refractivity contribution in [1.29, 1.82) is 0 Å². The maximum absolute atomic E-state index is 4.77. The first kappa shape index (κ1) is 17.5. The highest BCUT2D eigenvalue weighted by molar-refractivity contribution is 5.90. The van der Waals surface area contributed by atoms with Crippen LogP contribution in [0.15, 0.2) is 35.3 Å². The predicted octanol–water partition coefficient (Wildman–Crippen LogP) is 5.74. The number of rotatable bonds is 2. The van der Waals surface area contributed by atoms with E-state index in [1.165, 1.54) is 28.1 Å². The summed E-state index contributed by atoms with van der Waals surface area (Å²) in [7, 11) is 0. The largest absolute Gasteiger partial charge is 0.338 e. The number of benzene rings is 1. The van der Waals surface area contributed by atoms with Crippen LogP contribution < -0.4 is 0 Å². The van der Waals surface area contributed by atoms with Crippen molar-refractivity contribution in [3.8, 4) is 11.1 Å². The molecule has 0 radical (unpaired) electrons. The highest BCUT2D eigenvalue weighted by Crippen LogP contribution is 2.31. The second kappa shape index (κ2) is 5.99. The van der Waals surface area contributed by atoms with Gasteiger partial charge >= 0.3 is 0 Å². The maximum atomic E-state index is 4.77. The molecule has 124 valence electrons. The second-order valence-corrected chi connectivity index (χ2v) is 8.39. The first-order valence-corrected chi connectivity index (χ1v) is 8.34. The molecule has 0 bridgehead atoms. The molecule has 0 amide bonds. The van der Waals surface area contributed by atoms with Gasteiger partial charge in [-0.2, -0.15) is 0 Å². The summed E-state index contributed by atoms with van der Waals surface area (Å²) in [4.78, 5) is 4.77. The van der Waals surface area contributed by atoms with Gasteiger partial charge in [0, 0.05) is 23.0 Å². The average molecular weight is 310 g/mol. The van der Waals surface area contributed by atoms with E-state index in [9.17, 15) is 0 Å². The molecule has 1 aromatic heterocycles. The summed E-state index contributed by atoms with van der Waals surface area (Å²) in [5, 5.41) is 0. The summed E-state index contributed by atoms with van der Waals surface area (Å²) >= 11 is 0. The van der Waals surface area contributed by atoms with Crippen LogP contribution in [0.4, 0.5) is 0 Å². The van der Waals surface area contributed by atoms with E-state index in [1.54, 1.807) is 0 Å². The first-order chi connectivity index (χ1) is 10.5. The molecule has 2 nitrogen and oxygen atoms in total. The zero-order chi connectivity index (χ0) is 17.4. The minimum atomic E-state index is -0.0779. The van der Waals surface area contributed by atoms with Crippen molar-refractivity contribution in [3.05, 3.63) is 47.3 Å². The summed E-state index contributed by atoms with van der Waals surface area (Å²) in [5.41, 5.74) is 6.18. The van der Waals surface area contributed by atoms with Gasteiger partial charge < -0.3 is 4.57 Å². The first-order valence-electron chi connectivity index (χ1n) is 8.34. The van der Waals surface area contributed by atoms with Gasteiger partial charge in [-0.15, -0.1) is 0 Å². The topological polar surface area (TPSA) is 17.3 Å². The number of hydrogen-bond donors (Lipinski definition) is 0. The third kappa shape index (κ3) is 4.13. The minimum absolute atomic E-state index is 0.0201. The summed E-state index contributed by atoms with van der Waals surface area (Å²) in [5.74, 6) is 0. The van der Waals surface area contributed by atoms with Crippen LogP contribution in [-0.4, -0.2) is 16.3 Å². The van der Waals surface area contributed by atoms with E-state index in [-0.39, 0.29) is 11.1 Å². The monoisotopic (exact) mass is 310 g/mol. The third-order valence-corrected chi connectivity index (χ3v) is 3.83. The molecule has 1 aromatic carbocycles. The summed E-state index contributed by atoms with van der Waals surface area (Å²) < 4.78 is 2.39. The lowest BCUT2D eigenvalue weighted by molar-refractivity contribution is 0.389. The number of hydrogen-bond acceptors (Lipinski definition) is 1. The molecule has 23 heavy (non-hydrogen) atoms. The number of aryl methyl sites for hydroxylation is 2. The van der Waals surface area contributed by atoms with Gasteiger partial charge in [-0.1, -0.05) is 29.8 Å². The summed E-state index contributed by atoms with van der Waals surface area (Å²) in [6, 6.07) is 11.0. The zero-order valence-corrected chi connectivity index (χ0v) is 15.9. The molecule has 0 saturated carbocycles. The lowest BCUT2D eigenvalue weighted by Gasteiger charge is -2.26. The van der Waals surface area contributed by atoms with Crippen LogP contribution in [0, 0.1) is 13.8 Å². The van der Waals surface area contributed by atoms with Gasteiger partial charge in [0.15, 0.2) is 0 Å². The molecule has 0 aliphatic carbocycles. The van der Waals surface area contributed by atoms with Crippen molar-refractivity contribution in [2.45, 2.75) is 66.5 Å². The Morgan fingerprint density at radius 3 is 1.96 bits per heavy atom. The van der Waals surface area contributed by atoms with Crippen LogP contribution in [0.5, 0.6) is 0 Å². The van der Waals surface area contributed by atoms with E-state index < -0.39 is 0 Å². The van der Waals surface area contributed by atoms with Gasteiger partial charge in [0.2, 0.25) is 0 Å². The third-order valence-electron chi connectivity index (χ3n) is 3.83. The molecule has 0 atom stereocenters. The van der Waals surface area contributed by atoms with Gasteiger partial charge in [0.05, 0.1) is 11.2 Å². The molecule has 1 heterocycles. The Morgan fingerprint density at radius 1 is 0.913 bits per heavy atom. The lowest BCUT2D eigenvalue weighted by atomic mass is 10.0. The zero-order valence-electron chi connectivity index (χ0n) is 15.9. The van der Waals surface area contributed by atoms with Crippen LogP contribution in [0.25, 0.3) is 11.1 Å². The highest BCUT2D eigenvalue weighted by atomic mass is 15.1. The Hall–Kier alpha value is -1.83. The van der Waals surface area contributed by atoms with Crippen molar-refractivity contribution in [2.24, 2.45) is 4.99 Å². The van der Waals surface area contributed by atoms with E-state index in [4.69, 9.17) is 4.99 Å². The molecule has 2 aromatic rings. The van der Waals surface area contributed by atoms with Crippen LogP contribution >= 0.6 is 0 Å². The van der Waals surface area contributed by atoms with Crippen molar-refractivity contribution in [3.63, 3.8) is 0 Å². The molecule has 0 fully saturated rings. The van der Waals surface area contributed by atoms with Crippen molar-refractivity contribution in [2.75, 3.05) is 0 Å². The Labute approximate surface area is 141 Å². The van der Waals surface area contributed by atoms with E-state index in [1.807, 2.05) is 6.21 Å². The van der Waals surface area contributed by atoms with Crippen LogP contribution in [-0.2, 0) is 5.54 Å². The van der Waals surface area contributed by atoms with E-state index >= 15 is 0 Å². The second-order valence-electron chi connectivity index (χ2n) is 8.39. The Balaban J connectivity index is 2.67. The van der Waals surface area contributed by atoms with Crippen LogP contribution in [0.1, 0.15) is 58.5 Å². The molecular weight excluding hydrogens is 280 g/mol. The Morgan fingerprint density at radius 2 is 1.48 bits per heavy atom. The molecule has 0 aliphatic heterocycles. The average Bonchev–Trinajstić information content (AvgIpc) is 2.73. The van der Waals surface area contributed by atoms with E-state index in [0.717, 1.165) is 0 Å². The lowest BCUT2D eigenvalue weighted by Crippen LogP contribution is -2.25. The fourth-order valence-corrected chi connectivity index (χ4v) is 2.89. The predicted molar refractivity (Wildman–Crippen MR) is 102 cm³/mol. The molecule has 0 N–H and O–H groups in total. The molecule has 0 saturated heterocycles. The number of aliphatic imine (C=N–C) groups is 1. The molecule has 0 spiro atoms. The molecular formula is C21H30N2.